The van der Waals surface area contributed by atoms with Crippen LogP contribution >= 0.6 is 46.4 Å². The molecule has 208 valence electrons. The summed E-state index contributed by atoms with van der Waals surface area (Å²) >= 11 is 25.0. The fraction of sp³-hybridized carbons (Fsp3) is 0.259. The number of nitrogens with one attached hydrogen (secondary N) is 1. The van der Waals surface area contributed by atoms with Crippen molar-refractivity contribution in [3.8, 4) is 0 Å². The van der Waals surface area contributed by atoms with Gasteiger partial charge in [-0.2, -0.15) is 0 Å². The van der Waals surface area contributed by atoms with E-state index < -0.39 is 34.4 Å². The van der Waals surface area contributed by atoms with Crippen molar-refractivity contribution in [2.45, 2.75) is 37.8 Å². The molecule has 0 aromatic heterocycles. The molecular weight excluding hydrogens is 604 g/mol. The van der Waals surface area contributed by atoms with Crippen LogP contribution in [0.3, 0.4) is 0 Å². The highest BCUT2D eigenvalue weighted by molar-refractivity contribution is 7.92. The molecule has 2 amide bonds. The summed E-state index contributed by atoms with van der Waals surface area (Å²) in [7, 11) is -4.23. The summed E-state index contributed by atoms with van der Waals surface area (Å²) in [6.07, 6.45) is 0.698. The Balaban J connectivity index is 2.07. The first kappa shape index (κ1) is 31.0. The second kappa shape index (κ2) is 13.7. The van der Waals surface area contributed by atoms with E-state index in [1.807, 2.05) is 6.92 Å². The fourth-order valence-electron chi connectivity index (χ4n) is 3.72. The van der Waals surface area contributed by atoms with Crippen LogP contribution in [0, 0.1) is 0 Å². The number of nitrogens with zero attached hydrogens (tertiary/aromatic N) is 2. The van der Waals surface area contributed by atoms with Crippen LogP contribution in [-0.4, -0.2) is 44.3 Å². The van der Waals surface area contributed by atoms with Gasteiger partial charge in [-0.3, -0.25) is 13.9 Å². The van der Waals surface area contributed by atoms with Crippen molar-refractivity contribution in [2.24, 2.45) is 0 Å². The maximum absolute atomic E-state index is 13.9. The zero-order valence-electron chi connectivity index (χ0n) is 21.2. The van der Waals surface area contributed by atoms with E-state index in [0.29, 0.717) is 28.6 Å². The number of halogens is 4. The van der Waals surface area contributed by atoms with Crippen LogP contribution in [0.5, 0.6) is 0 Å². The van der Waals surface area contributed by atoms with E-state index in [-0.39, 0.29) is 27.2 Å². The molecule has 0 saturated carbocycles. The number of carbonyl (C=O) groups excluding carboxylic acids is 2. The summed E-state index contributed by atoms with van der Waals surface area (Å²) in [5.41, 5.74) is 0.553. The van der Waals surface area contributed by atoms with Crippen molar-refractivity contribution in [1.29, 1.82) is 0 Å². The fourth-order valence-corrected chi connectivity index (χ4v) is 5.96. The molecule has 12 heteroatoms. The van der Waals surface area contributed by atoms with Gasteiger partial charge >= 0.3 is 0 Å². The normalized spacial score (nSPS) is 12.1. The molecule has 0 heterocycles. The molecule has 0 radical (unpaired) electrons. The Bertz CT molecular complexity index is 1420. The van der Waals surface area contributed by atoms with E-state index in [0.717, 1.165) is 4.31 Å². The molecule has 1 N–H and O–H groups in total. The van der Waals surface area contributed by atoms with Gasteiger partial charge < -0.3 is 10.2 Å². The van der Waals surface area contributed by atoms with Crippen molar-refractivity contribution < 1.29 is 18.0 Å². The summed E-state index contributed by atoms with van der Waals surface area (Å²) < 4.78 is 28.4. The Morgan fingerprint density at radius 3 is 2.10 bits per heavy atom. The van der Waals surface area contributed by atoms with Crippen molar-refractivity contribution >= 4 is 73.9 Å². The smallest absolute Gasteiger partial charge is 0.264 e. The minimum absolute atomic E-state index is 0.0293. The number of amides is 2. The van der Waals surface area contributed by atoms with Crippen LogP contribution in [0.25, 0.3) is 0 Å². The summed E-state index contributed by atoms with van der Waals surface area (Å²) in [5.74, 6) is -1.06. The maximum Gasteiger partial charge on any atom is 0.264 e. The summed E-state index contributed by atoms with van der Waals surface area (Å²) in [6.45, 7) is 3.11. The molecule has 0 aliphatic carbocycles. The number of rotatable bonds is 11. The first-order chi connectivity index (χ1) is 18.5. The van der Waals surface area contributed by atoms with Crippen LogP contribution in [0.4, 0.5) is 5.69 Å². The molecule has 0 aliphatic heterocycles. The van der Waals surface area contributed by atoms with Gasteiger partial charge in [0.2, 0.25) is 11.8 Å². The number of carbonyl (C=O) groups is 2. The summed E-state index contributed by atoms with van der Waals surface area (Å²) in [4.78, 5) is 28.1. The lowest BCUT2D eigenvalue weighted by Gasteiger charge is -2.32. The molecule has 3 aromatic carbocycles. The predicted octanol–water partition coefficient (Wildman–Crippen LogP) is 6.44. The molecule has 1 atom stereocenters. The molecule has 0 bridgehead atoms. The first-order valence-corrected chi connectivity index (χ1v) is 15.0. The van der Waals surface area contributed by atoms with E-state index in [4.69, 9.17) is 46.4 Å². The topological polar surface area (TPSA) is 86.8 Å². The number of anilines is 1. The largest absolute Gasteiger partial charge is 0.354 e. The van der Waals surface area contributed by atoms with Crippen LogP contribution in [0.1, 0.15) is 25.8 Å². The van der Waals surface area contributed by atoms with Crippen LogP contribution < -0.4 is 9.62 Å². The predicted molar refractivity (Wildman–Crippen MR) is 157 cm³/mol. The van der Waals surface area contributed by atoms with Crippen LogP contribution in [0.2, 0.25) is 20.1 Å². The summed E-state index contributed by atoms with van der Waals surface area (Å²) in [5, 5.41) is 3.72. The van der Waals surface area contributed by atoms with Gasteiger partial charge in [-0.1, -0.05) is 77.6 Å². The second-order valence-electron chi connectivity index (χ2n) is 8.61. The van der Waals surface area contributed by atoms with Gasteiger partial charge in [0.1, 0.15) is 12.6 Å². The Hall–Kier alpha value is -2.49. The zero-order valence-corrected chi connectivity index (χ0v) is 25.0. The molecule has 0 aliphatic rings. The second-order valence-corrected chi connectivity index (χ2v) is 12.1. The molecule has 39 heavy (non-hydrogen) atoms. The first-order valence-electron chi connectivity index (χ1n) is 12.0. The molecule has 3 rings (SSSR count). The Morgan fingerprint density at radius 2 is 1.51 bits per heavy atom. The molecule has 3 aromatic rings. The molecule has 1 unspecified atom stereocenters. The van der Waals surface area contributed by atoms with E-state index in [1.165, 1.54) is 35.2 Å². The lowest BCUT2D eigenvalue weighted by molar-refractivity contribution is -0.139. The monoisotopic (exact) mass is 629 g/mol. The molecule has 0 fully saturated rings. The number of sulfonamides is 1. The zero-order chi connectivity index (χ0) is 28.7. The van der Waals surface area contributed by atoms with Gasteiger partial charge in [0, 0.05) is 28.7 Å². The van der Waals surface area contributed by atoms with Crippen molar-refractivity contribution in [3.05, 3.63) is 92.4 Å². The highest BCUT2D eigenvalue weighted by atomic mass is 35.5. The standard InChI is InChI=1S/C27H27Cl4N3O4S/c1-3-14-32-27(36)18(2)33(16-21-22(28)10-7-11-23(21)29)26(35)17-34(19-12-13-24(30)25(31)15-19)39(37,38)20-8-5-4-6-9-20/h4-13,15,18H,3,14,16-17H2,1-2H3,(H,32,36). The summed E-state index contributed by atoms with van der Waals surface area (Å²) in [6, 6.07) is 15.9. The quantitative estimate of drug-likeness (QED) is 0.264. The highest BCUT2D eigenvalue weighted by Gasteiger charge is 2.33. The number of benzene rings is 3. The minimum Gasteiger partial charge on any atom is -0.354 e. The molecule has 7 nitrogen and oxygen atoms in total. The SMILES string of the molecule is CCCNC(=O)C(C)N(Cc1c(Cl)cccc1Cl)C(=O)CN(c1ccc(Cl)c(Cl)c1)S(=O)(=O)c1ccccc1. The van der Waals surface area contributed by atoms with E-state index in [9.17, 15) is 18.0 Å². The third kappa shape index (κ3) is 7.58. The lowest BCUT2D eigenvalue weighted by atomic mass is 10.1. The van der Waals surface area contributed by atoms with Gasteiger partial charge in [0.15, 0.2) is 0 Å². The Labute approximate surface area is 248 Å². The molecule has 0 spiro atoms. The number of hydrogen-bond acceptors (Lipinski definition) is 4. The average Bonchev–Trinajstić information content (AvgIpc) is 2.91. The van der Waals surface area contributed by atoms with E-state index >= 15 is 0 Å². The third-order valence-corrected chi connectivity index (χ3v) is 9.14. The van der Waals surface area contributed by atoms with E-state index in [1.54, 1.807) is 43.3 Å². The van der Waals surface area contributed by atoms with Crippen molar-refractivity contribution in [1.82, 2.24) is 10.2 Å². The van der Waals surface area contributed by atoms with Crippen molar-refractivity contribution in [2.75, 3.05) is 17.4 Å². The number of hydrogen-bond donors (Lipinski definition) is 1. The van der Waals surface area contributed by atoms with Crippen molar-refractivity contribution in [3.63, 3.8) is 0 Å². The lowest BCUT2D eigenvalue weighted by Crippen LogP contribution is -2.51. The minimum atomic E-state index is -4.23. The average molecular weight is 631 g/mol. The van der Waals surface area contributed by atoms with E-state index in [2.05, 4.69) is 5.32 Å². The maximum atomic E-state index is 13.9. The molecule has 0 saturated heterocycles. The van der Waals surface area contributed by atoms with Gasteiger partial charge in [-0.25, -0.2) is 8.42 Å². The Kier molecular flexibility index (Phi) is 10.9. The van der Waals surface area contributed by atoms with Gasteiger partial charge in [-0.05, 0) is 55.8 Å². The molecular formula is C27H27Cl4N3O4S. The van der Waals surface area contributed by atoms with Crippen LogP contribution in [0.15, 0.2) is 71.6 Å². The Morgan fingerprint density at radius 1 is 0.872 bits per heavy atom. The highest BCUT2D eigenvalue weighted by Crippen LogP contribution is 2.31. The van der Waals surface area contributed by atoms with Gasteiger partial charge in [0.25, 0.3) is 10.0 Å². The third-order valence-electron chi connectivity index (χ3n) is 5.91. The van der Waals surface area contributed by atoms with Gasteiger partial charge in [-0.15, -0.1) is 0 Å². The van der Waals surface area contributed by atoms with Crippen LogP contribution in [-0.2, 0) is 26.2 Å². The van der Waals surface area contributed by atoms with Gasteiger partial charge in [0.05, 0.1) is 20.6 Å².